The van der Waals surface area contributed by atoms with Crippen LogP contribution in [0.2, 0.25) is 0 Å². The lowest BCUT2D eigenvalue weighted by Gasteiger charge is -2.13. The van der Waals surface area contributed by atoms with E-state index in [1.807, 2.05) is 0 Å². The molecule has 0 atom stereocenters. The molecule has 3 aromatic carbocycles. The predicted octanol–water partition coefficient (Wildman–Crippen LogP) is 3.14. The fourth-order valence-corrected chi connectivity index (χ4v) is 3.19. The van der Waals surface area contributed by atoms with Crippen LogP contribution in [0.5, 0.6) is 5.75 Å². The van der Waals surface area contributed by atoms with Gasteiger partial charge in [0.2, 0.25) is 0 Å². The number of carboxylic acids is 1. The second-order valence-electron chi connectivity index (χ2n) is 6.53. The molecule has 0 bridgehead atoms. The van der Waals surface area contributed by atoms with Gasteiger partial charge in [-0.3, -0.25) is 14.4 Å². The molecule has 0 spiro atoms. The lowest BCUT2D eigenvalue weighted by atomic mass is 10.0. The van der Waals surface area contributed by atoms with E-state index in [0.717, 1.165) is 4.90 Å². The highest BCUT2D eigenvalue weighted by atomic mass is 16.4. The minimum absolute atomic E-state index is 0.00374. The molecule has 3 amide bonds. The largest absolute Gasteiger partial charge is 0.508 e. The number of hydrogen-bond donors (Lipinski definition) is 3. The first-order chi connectivity index (χ1) is 14.4. The number of fused-ring (bicyclic) bond motifs is 1. The van der Waals surface area contributed by atoms with Crippen LogP contribution in [-0.2, 0) is 0 Å². The SMILES string of the molecule is O=C(Nc1ccccc1C(=O)O)c1ccc2c(c1)C(=O)N(c1ccc(O)cc1)C2=O. The Morgan fingerprint density at radius 2 is 1.50 bits per heavy atom. The number of phenols is 1. The highest BCUT2D eigenvalue weighted by Gasteiger charge is 2.37. The fraction of sp³-hybridized carbons (Fsp3) is 0. The van der Waals surface area contributed by atoms with E-state index >= 15 is 0 Å². The predicted molar refractivity (Wildman–Crippen MR) is 107 cm³/mol. The summed E-state index contributed by atoms with van der Waals surface area (Å²) in [5.74, 6) is -2.94. The van der Waals surface area contributed by atoms with Gasteiger partial charge in [0, 0.05) is 5.56 Å². The number of nitrogens with zero attached hydrogens (tertiary/aromatic N) is 1. The quantitative estimate of drug-likeness (QED) is 0.576. The molecule has 1 aliphatic rings. The van der Waals surface area contributed by atoms with Crippen LogP contribution in [0.3, 0.4) is 0 Å². The van der Waals surface area contributed by atoms with E-state index in [0.29, 0.717) is 5.69 Å². The van der Waals surface area contributed by atoms with Gasteiger partial charge in [0.1, 0.15) is 5.75 Å². The van der Waals surface area contributed by atoms with Gasteiger partial charge in [0.15, 0.2) is 0 Å². The molecular weight excluding hydrogens is 388 g/mol. The summed E-state index contributed by atoms with van der Waals surface area (Å²) in [6, 6.07) is 15.6. The van der Waals surface area contributed by atoms with Crippen molar-refractivity contribution in [3.8, 4) is 5.75 Å². The molecule has 3 N–H and O–H groups in total. The van der Waals surface area contributed by atoms with Gasteiger partial charge in [-0.15, -0.1) is 0 Å². The van der Waals surface area contributed by atoms with Crippen LogP contribution >= 0.6 is 0 Å². The highest BCUT2D eigenvalue weighted by molar-refractivity contribution is 6.34. The number of carbonyl (C=O) groups excluding carboxylic acids is 3. The Bertz CT molecular complexity index is 1220. The van der Waals surface area contributed by atoms with Crippen molar-refractivity contribution in [2.24, 2.45) is 0 Å². The Hall–Kier alpha value is -4.46. The number of aromatic hydroxyl groups is 1. The average Bonchev–Trinajstić information content (AvgIpc) is 2.99. The monoisotopic (exact) mass is 402 g/mol. The number of rotatable bonds is 4. The lowest BCUT2D eigenvalue weighted by Crippen LogP contribution is -2.29. The summed E-state index contributed by atoms with van der Waals surface area (Å²) < 4.78 is 0. The smallest absolute Gasteiger partial charge is 0.337 e. The van der Waals surface area contributed by atoms with Crippen LogP contribution in [0.4, 0.5) is 11.4 Å². The molecule has 0 radical (unpaired) electrons. The Labute approximate surface area is 170 Å². The lowest BCUT2D eigenvalue weighted by molar-refractivity contribution is 0.0697. The Kier molecular flexibility index (Phi) is 4.51. The van der Waals surface area contributed by atoms with Gasteiger partial charge in [0.25, 0.3) is 17.7 Å². The summed E-state index contributed by atoms with van der Waals surface area (Å²) in [5, 5.41) is 21.2. The van der Waals surface area contributed by atoms with E-state index in [1.165, 1.54) is 60.7 Å². The summed E-state index contributed by atoms with van der Waals surface area (Å²) in [6.45, 7) is 0. The van der Waals surface area contributed by atoms with Crippen molar-refractivity contribution in [2.75, 3.05) is 10.2 Å². The van der Waals surface area contributed by atoms with E-state index < -0.39 is 23.7 Å². The van der Waals surface area contributed by atoms with Gasteiger partial charge in [-0.05, 0) is 54.6 Å². The molecule has 0 saturated carbocycles. The van der Waals surface area contributed by atoms with Crippen LogP contribution < -0.4 is 10.2 Å². The summed E-state index contributed by atoms with van der Waals surface area (Å²) in [4.78, 5) is 50.4. The van der Waals surface area contributed by atoms with Crippen molar-refractivity contribution >= 4 is 35.1 Å². The molecule has 0 aliphatic carbocycles. The van der Waals surface area contributed by atoms with Crippen molar-refractivity contribution in [1.29, 1.82) is 0 Å². The number of nitrogens with one attached hydrogen (secondary N) is 1. The first-order valence-electron chi connectivity index (χ1n) is 8.82. The zero-order valence-corrected chi connectivity index (χ0v) is 15.3. The molecule has 1 aliphatic heterocycles. The Balaban J connectivity index is 1.64. The van der Waals surface area contributed by atoms with Gasteiger partial charge in [0.05, 0.1) is 28.1 Å². The van der Waals surface area contributed by atoms with Crippen LogP contribution in [0.25, 0.3) is 0 Å². The zero-order valence-electron chi connectivity index (χ0n) is 15.3. The summed E-state index contributed by atoms with van der Waals surface area (Å²) in [5.41, 5.74) is 0.645. The molecule has 148 valence electrons. The Morgan fingerprint density at radius 1 is 0.833 bits per heavy atom. The Morgan fingerprint density at radius 3 is 2.20 bits per heavy atom. The van der Waals surface area contributed by atoms with Gasteiger partial charge in [-0.1, -0.05) is 12.1 Å². The first-order valence-corrected chi connectivity index (χ1v) is 8.82. The van der Waals surface area contributed by atoms with Crippen molar-refractivity contribution in [1.82, 2.24) is 0 Å². The van der Waals surface area contributed by atoms with Crippen molar-refractivity contribution in [3.05, 3.63) is 89.0 Å². The standard InChI is InChI=1S/C22H14N2O6/c25-14-8-6-13(7-9-14)24-20(27)15-10-5-12(11-17(15)21(24)28)19(26)23-18-4-2-1-3-16(18)22(29)30/h1-11,25H,(H,23,26)(H,29,30). The second kappa shape index (κ2) is 7.17. The number of hydrogen-bond acceptors (Lipinski definition) is 5. The number of carboxylic acid groups (broad SMARTS) is 1. The number of para-hydroxylation sites is 1. The number of anilines is 2. The van der Waals surface area contributed by atoms with Crippen LogP contribution in [0.1, 0.15) is 41.4 Å². The minimum atomic E-state index is -1.19. The molecule has 3 aromatic rings. The van der Waals surface area contributed by atoms with Crippen LogP contribution in [-0.4, -0.2) is 33.9 Å². The number of phenolic OH excluding ortho intramolecular Hbond substituents is 1. The van der Waals surface area contributed by atoms with Crippen molar-refractivity contribution < 1.29 is 29.4 Å². The molecule has 4 rings (SSSR count). The average molecular weight is 402 g/mol. The fourth-order valence-electron chi connectivity index (χ4n) is 3.19. The van der Waals surface area contributed by atoms with Crippen molar-refractivity contribution in [2.45, 2.75) is 0 Å². The van der Waals surface area contributed by atoms with Gasteiger partial charge in [-0.25, -0.2) is 9.69 Å². The number of benzene rings is 3. The molecule has 1 heterocycles. The molecule has 0 aromatic heterocycles. The number of amides is 3. The number of carbonyl (C=O) groups is 4. The molecule has 0 fully saturated rings. The third-order valence-electron chi connectivity index (χ3n) is 4.66. The van der Waals surface area contributed by atoms with E-state index in [4.69, 9.17) is 0 Å². The first kappa shape index (κ1) is 18.9. The second-order valence-corrected chi connectivity index (χ2v) is 6.53. The van der Waals surface area contributed by atoms with E-state index in [-0.39, 0.29) is 33.7 Å². The third kappa shape index (κ3) is 3.16. The molecular formula is C22H14N2O6. The maximum Gasteiger partial charge on any atom is 0.337 e. The molecule has 30 heavy (non-hydrogen) atoms. The maximum absolute atomic E-state index is 12.8. The summed E-state index contributed by atoms with van der Waals surface area (Å²) in [6.07, 6.45) is 0. The number of imide groups is 1. The molecule has 0 saturated heterocycles. The van der Waals surface area contributed by atoms with Gasteiger partial charge < -0.3 is 15.5 Å². The van der Waals surface area contributed by atoms with E-state index in [2.05, 4.69) is 5.32 Å². The van der Waals surface area contributed by atoms with E-state index in [1.54, 1.807) is 6.07 Å². The molecule has 8 nitrogen and oxygen atoms in total. The minimum Gasteiger partial charge on any atom is -0.508 e. The van der Waals surface area contributed by atoms with E-state index in [9.17, 15) is 29.4 Å². The normalized spacial score (nSPS) is 12.6. The maximum atomic E-state index is 12.8. The third-order valence-corrected chi connectivity index (χ3v) is 4.66. The highest BCUT2D eigenvalue weighted by Crippen LogP contribution is 2.30. The molecule has 0 unspecified atom stereocenters. The van der Waals surface area contributed by atoms with Crippen molar-refractivity contribution in [3.63, 3.8) is 0 Å². The summed E-state index contributed by atoms with van der Waals surface area (Å²) >= 11 is 0. The van der Waals surface area contributed by atoms with Gasteiger partial charge in [-0.2, -0.15) is 0 Å². The zero-order chi connectivity index (χ0) is 21.4. The van der Waals surface area contributed by atoms with Gasteiger partial charge >= 0.3 is 5.97 Å². The van der Waals surface area contributed by atoms with Crippen LogP contribution in [0.15, 0.2) is 66.7 Å². The van der Waals surface area contributed by atoms with Crippen LogP contribution in [0, 0.1) is 0 Å². The molecule has 8 heteroatoms. The number of aromatic carboxylic acids is 1. The topological polar surface area (TPSA) is 124 Å². The summed E-state index contributed by atoms with van der Waals surface area (Å²) in [7, 11) is 0.